The quantitative estimate of drug-likeness (QED) is 0.496. The molecule has 36 valence electrons. The Bertz CT molecular complexity index is 26.7. The van der Waals surface area contributed by atoms with Crippen LogP contribution < -0.4 is 0 Å². The van der Waals surface area contributed by atoms with Crippen LogP contribution in [0.25, 0.3) is 0 Å². The largest absolute Gasteiger partial charge is 0.111 e. The Labute approximate surface area is 48.4 Å². The lowest BCUT2D eigenvalue weighted by atomic mass is 10.4. The van der Waals surface area contributed by atoms with Crippen molar-refractivity contribution in [2.24, 2.45) is 0 Å². The van der Waals surface area contributed by atoms with Gasteiger partial charge in [0.2, 0.25) is 0 Å². The Morgan fingerprint density at radius 1 is 1.67 bits per heavy atom. The van der Waals surface area contributed by atoms with Crippen LogP contribution in [0, 0.1) is 13.3 Å². The topological polar surface area (TPSA) is 0 Å². The van der Waals surface area contributed by atoms with Crippen molar-refractivity contribution in [3.8, 4) is 0 Å². The molecular formula is C4H6Cl2. The Balaban J connectivity index is 2.63. The third-order valence-electron chi connectivity index (χ3n) is 0.345. The van der Waals surface area contributed by atoms with Crippen LogP contribution in [0.5, 0.6) is 0 Å². The van der Waals surface area contributed by atoms with E-state index in [1.165, 1.54) is 0 Å². The van der Waals surface area contributed by atoms with Gasteiger partial charge in [0.05, 0.1) is 0 Å². The fourth-order valence-electron chi connectivity index (χ4n) is 0.126. The number of alkyl halides is 2. The van der Waals surface area contributed by atoms with Crippen molar-refractivity contribution in [1.82, 2.24) is 0 Å². The van der Waals surface area contributed by atoms with Crippen molar-refractivity contribution < 1.29 is 0 Å². The zero-order valence-electron chi connectivity index (χ0n) is 3.32. The molecule has 0 N–H and O–H groups in total. The molecule has 0 aliphatic rings. The van der Waals surface area contributed by atoms with Gasteiger partial charge in [0.25, 0.3) is 0 Å². The number of rotatable bonds is 2. The molecule has 0 fully saturated rings. The molecule has 2 heteroatoms. The first kappa shape index (κ1) is 6.58. The van der Waals surface area contributed by atoms with E-state index in [-0.39, 0.29) is 4.84 Å². The molecule has 0 atom stereocenters. The maximum absolute atomic E-state index is 5.25. The van der Waals surface area contributed by atoms with Crippen LogP contribution >= 0.6 is 23.2 Å². The average Bonchev–Trinajstić information content (AvgIpc) is 1.35. The van der Waals surface area contributed by atoms with Crippen LogP contribution in [-0.2, 0) is 0 Å². The predicted octanol–water partition coefficient (Wildman–Crippen LogP) is 2.22. The van der Waals surface area contributed by atoms with Crippen LogP contribution in [0.4, 0.5) is 0 Å². The molecule has 0 unspecified atom stereocenters. The second-order valence-corrected chi connectivity index (χ2v) is 2.02. The van der Waals surface area contributed by atoms with Crippen molar-refractivity contribution in [1.29, 1.82) is 0 Å². The third kappa shape index (κ3) is 4.58. The minimum Gasteiger partial charge on any atom is -0.105 e. The molecule has 0 heterocycles. The van der Waals surface area contributed by atoms with Crippen LogP contribution in [0.3, 0.4) is 0 Å². The summed E-state index contributed by atoms with van der Waals surface area (Å²) in [5, 5.41) is 0. The standard InChI is InChI=1S/C4H6Cl2/c1-2-3-4(5)6/h3-4H,1-2H2. The molecule has 0 saturated heterocycles. The van der Waals surface area contributed by atoms with Gasteiger partial charge in [-0.2, -0.15) is 0 Å². The molecule has 0 spiro atoms. The van der Waals surface area contributed by atoms with E-state index < -0.39 is 0 Å². The molecule has 0 amide bonds. The van der Waals surface area contributed by atoms with Gasteiger partial charge in [-0.3, -0.25) is 0 Å². The third-order valence-corrected chi connectivity index (χ3v) is 0.701. The highest BCUT2D eigenvalue weighted by Crippen LogP contribution is 2.06. The summed E-state index contributed by atoms with van der Waals surface area (Å²) in [7, 11) is 0. The fraction of sp³-hybridized carbons (Fsp3) is 0.500. The minimum absolute atomic E-state index is 0.345. The smallest absolute Gasteiger partial charge is 0.105 e. The van der Waals surface area contributed by atoms with Crippen molar-refractivity contribution >= 4 is 23.2 Å². The second-order valence-electron chi connectivity index (χ2n) is 0.859. The van der Waals surface area contributed by atoms with E-state index in [0.717, 1.165) is 0 Å². The molecule has 0 rings (SSSR count). The van der Waals surface area contributed by atoms with Gasteiger partial charge in [0.1, 0.15) is 4.84 Å². The first-order chi connectivity index (χ1) is 2.77. The molecule has 0 saturated carbocycles. The average molecular weight is 125 g/mol. The number of hydrogen-bond donors (Lipinski definition) is 0. The van der Waals surface area contributed by atoms with Crippen molar-refractivity contribution in [3.05, 3.63) is 13.3 Å². The van der Waals surface area contributed by atoms with Crippen molar-refractivity contribution in [2.75, 3.05) is 0 Å². The summed E-state index contributed by atoms with van der Waals surface area (Å²) in [6.07, 6.45) is 2.40. The molecule has 6 heavy (non-hydrogen) atoms. The summed E-state index contributed by atoms with van der Waals surface area (Å²) in [6, 6.07) is 0. The Hall–Kier alpha value is 0.580. The summed E-state index contributed by atoms with van der Waals surface area (Å²) in [5.41, 5.74) is 0. The van der Waals surface area contributed by atoms with E-state index in [4.69, 9.17) is 23.2 Å². The predicted molar refractivity (Wildman–Crippen MR) is 29.8 cm³/mol. The Kier molecular flexibility index (Phi) is 4.12. The fourth-order valence-corrected chi connectivity index (χ4v) is 0.378. The van der Waals surface area contributed by atoms with Gasteiger partial charge in [0, 0.05) is 0 Å². The highest BCUT2D eigenvalue weighted by Gasteiger charge is 1.92. The summed E-state index contributed by atoms with van der Waals surface area (Å²) in [6.45, 7) is 3.50. The van der Waals surface area contributed by atoms with Gasteiger partial charge >= 0.3 is 0 Å². The van der Waals surface area contributed by atoms with Crippen LogP contribution in [0.1, 0.15) is 6.42 Å². The maximum atomic E-state index is 5.25. The zero-order chi connectivity index (χ0) is 4.99. The van der Waals surface area contributed by atoms with Gasteiger partial charge in [-0.25, -0.2) is 0 Å². The molecule has 0 bridgehead atoms. The van der Waals surface area contributed by atoms with Gasteiger partial charge in [-0.15, -0.1) is 23.2 Å². The number of hydrogen-bond acceptors (Lipinski definition) is 0. The number of halogens is 2. The summed E-state index contributed by atoms with van der Waals surface area (Å²) in [5.74, 6) is 0. The first-order valence-electron chi connectivity index (χ1n) is 1.68. The normalized spacial score (nSPS) is 10.0. The Morgan fingerprint density at radius 2 is 2.17 bits per heavy atom. The van der Waals surface area contributed by atoms with Crippen molar-refractivity contribution in [2.45, 2.75) is 11.3 Å². The summed E-state index contributed by atoms with van der Waals surface area (Å²) < 4.78 is 0. The minimum atomic E-state index is -0.345. The molecule has 0 aromatic carbocycles. The lowest BCUT2D eigenvalue weighted by Crippen LogP contribution is -1.82. The second kappa shape index (κ2) is 3.76. The van der Waals surface area contributed by atoms with E-state index >= 15 is 0 Å². The van der Waals surface area contributed by atoms with E-state index in [0.29, 0.717) is 6.42 Å². The summed E-state index contributed by atoms with van der Waals surface area (Å²) in [4.78, 5) is -0.345. The van der Waals surface area contributed by atoms with E-state index in [1.54, 1.807) is 6.42 Å². The van der Waals surface area contributed by atoms with Gasteiger partial charge < -0.3 is 0 Å². The Morgan fingerprint density at radius 3 is 2.17 bits per heavy atom. The monoisotopic (exact) mass is 124 g/mol. The van der Waals surface area contributed by atoms with Gasteiger partial charge in [-0.1, -0.05) is 6.92 Å². The van der Waals surface area contributed by atoms with E-state index in [1.807, 2.05) is 0 Å². The highest BCUT2D eigenvalue weighted by molar-refractivity contribution is 6.45. The van der Waals surface area contributed by atoms with Gasteiger partial charge in [0.15, 0.2) is 0 Å². The van der Waals surface area contributed by atoms with Gasteiger partial charge in [-0.05, 0) is 12.8 Å². The molecule has 0 aliphatic carbocycles. The lowest BCUT2D eigenvalue weighted by Gasteiger charge is -1.89. The lowest BCUT2D eigenvalue weighted by molar-refractivity contribution is 1.18. The molecule has 0 nitrogen and oxygen atoms in total. The van der Waals surface area contributed by atoms with Crippen LogP contribution in [-0.4, -0.2) is 4.84 Å². The van der Waals surface area contributed by atoms with E-state index in [9.17, 15) is 0 Å². The van der Waals surface area contributed by atoms with Crippen molar-refractivity contribution in [3.63, 3.8) is 0 Å². The first-order valence-corrected chi connectivity index (χ1v) is 2.55. The molecule has 0 aliphatic heterocycles. The van der Waals surface area contributed by atoms with Crippen LogP contribution in [0.2, 0.25) is 0 Å². The molecule has 0 aromatic heterocycles. The molecule has 2 radical (unpaired) electrons. The highest BCUT2D eigenvalue weighted by atomic mass is 35.5. The zero-order valence-corrected chi connectivity index (χ0v) is 4.84. The summed E-state index contributed by atoms with van der Waals surface area (Å²) >= 11 is 10.5. The maximum Gasteiger partial charge on any atom is 0.111 e. The molecular weight excluding hydrogens is 119 g/mol. The van der Waals surface area contributed by atoms with E-state index in [2.05, 4.69) is 6.92 Å². The SMILES string of the molecule is [CH2]C[CH]C(Cl)Cl. The van der Waals surface area contributed by atoms with Crippen LogP contribution in [0.15, 0.2) is 0 Å². The molecule has 0 aromatic rings.